The quantitative estimate of drug-likeness (QED) is 0.872. The summed E-state index contributed by atoms with van der Waals surface area (Å²) in [5.41, 5.74) is 0. The van der Waals surface area contributed by atoms with Gasteiger partial charge >= 0.3 is 0 Å². The molecule has 0 aliphatic rings. The van der Waals surface area contributed by atoms with E-state index in [0.29, 0.717) is 10.8 Å². The van der Waals surface area contributed by atoms with Crippen molar-refractivity contribution in [1.29, 1.82) is 0 Å². The van der Waals surface area contributed by atoms with Crippen molar-refractivity contribution in [3.63, 3.8) is 0 Å². The number of aromatic nitrogens is 3. The van der Waals surface area contributed by atoms with Crippen LogP contribution >= 0.6 is 11.3 Å². The molecular weight excluding hydrogens is 274 g/mol. The summed E-state index contributed by atoms with van der Waals surface area (Å²) in [6, 6.07) is 3.05. The highest BCUT2D eigenvalue weighted by Crippen LogP contribution is 2.19. The lowest BCUT2D eigenvalue weighted by molar-refractivity contribution is 0.600. The minimum Gasteiger partial charge on any atom is -0.373 e. The van der Waals surface area contributed by atoms with Gasteiger partial charge in [-0.2, -0.15) is 0 Å². The molecule has 2 aromatic heterocycles. The summed E-state index contributed by atoms with van der Waals surface area (Å²) in [6.45, 7) is 1.75. The first-order valence-electron chi connectivity index (χ1n) is 4.98. The molecule has 0 radical (unpaired) electrons. The van der Waals surface area contributed by atoms with E-state index in [9.17, 15) is 8.42 Å². The van der Waals surface area contributed by atoms with Crippen molar-refractivity contribution in [2.24, 2.45) is 0 Å². The lowest BCUT2D eigenvalue weighted by Gasteiger charge is -2.05. The van der Waals surface area contributed by atoms with E-state index < -0.39 is 10.0 Å². The fourth-order valence-corrected chi connectivity index (χ4v) is 2.96. The van der Waals surface area contributed by atoms with Crippen LogP contribution in [0.2, 0.25) is 0 Å². The largest absolute Gasteiger partial charge is 0.373 e. The van der Waals surface area contributed by atoms with Crippen LogP contribution in [0.15, 0.2) is 23.2 Å². The number of sulfonamides is 1. The Bertz CT molecular complexity index is 635. The van der Waals surface area contributed by atoms with Crippen molar-refractivity contribution in [2.75, 3.05) is 17.1 Å². The van der Waals surface area contributed by atoms with Crippen LogP contribution in [0.1, 0.15) is 5.01 Å². The Kier molecular flexibility index (Phi) is 3.43. The van der Waals surface area contributed by atoms with Gasteiger partial charge in [0, 0.05) is 13.2 Å². The molecule has 9 heteroatoms. The Morgan fingerprint density at radius 2 is 2.06 bits per heavy atom. The van der Waals surface area contributed by atoms with E-state index in [1.807, 2.05) is 0 Å². The fourth-order valence-electron chi connectivity index (χ4n) is 1.20. The van der Waals surface area contributed by atoms with Crippen LogP contribution < -0.4 is 10.0 Å². The average Bonchev–Trinajstić information content (AvgIpc) is 2.74. The van der Waals surface area contributed by atoms with Crippen molar-refractivity contribution in [1.82, 2.24) is 15.2 Å². The SMILES string of the molecule is CNc1ccc(S(=O)(=O)Nc2nnc(C)s2)cn1. The normalized spacial score (nSPS) is 11.2. The minimum absolute atomic E-state index is 0.0781. The second-order valence-corrected chi connectivity index (χ2v) is 6.22. The Morgan fingerprint density at radius 1 is 1.28 bits per heavy atom. The Hall–Kier alpha value is -1.74. The van der Waals surface area contributed by atoms with E-state index in [4.69, 9.17) is 0 Å². The van der Waals surface area contributed by atoms with E-state index in [1.54, 1.807) is 20.0 Å². The van der Waals surface area contributed by atoms with Crippen LogP contribution in [-0.4, -0.2) is 30.6 Å². The summed E-state index contributed by atoms with van der Waals surface area (Å²) >= 11 is 1.17. The molecule has 2 aromatic rings. The zero-order chi connectivity index (χ0) is 13.2. The number of aryl methyl sites for hydroxylation is 1. The topological polar surface area (TPSA) is 96.9 Å². The third-order valence-electron chi connectivity index (χ3n) is 2.05. The van der Waals surface area contributed by atoms with Crippen LogP contribution in [0.5, 0.6) is 0 Å². The van der Waals surface area contributed by atoms with E-state index >= 15 is 0 Å². The van der Waals surface area contributed by atoms with Gasteiger partial charge in [-0.25, -0.2) is 13.4 Å². The summed E-state index contributed by atoms with van der Waals surface area (Å²) in [4.78, 5) is 4.03. The van der Waals surface area contributed by atoms with Gasteiger partial charge in [-0.05, 0) is 19.1 Å². The van der Waals surface area contributed by atoms with Crippen molar-refractivity contribution in [3.8, 4) is 0 Å². The molecule has 18 heavy (non-hydrogen) atoms. The smallest absolute Gasteiger partial charge is 0.265 e. The molecule has 0 spiro atoms. The van der Waals surface area contributed by atoms with Gasteiger partial charge in [-0.1, -0.05) is 11.3 Å². The Morgan fingerprint density at radius 3 is 2.56 bits per heavy atom. The molecular formula is C9H11N5O2S2. The van der Waals surface area contributed by atoms with Gasteiger partial charge in [0.2, 0.25) is 5.13 Å². The second kappa shape index (κ2) is 4.86. The molecule has 0 amide bonds. The highest BCUT2D eigenvalue weighted by atomic mass is 32.2. The van der Waals surface area contributed by atoms with E-state index in [2.05, 4.69) is 25.2 Å². The minimum atomic E-state index is -3.66. The molecule has 0 saturated carbocycles. The van der Waals surface area contributed by atoms with Gasteiger partial charge in [-0.3, -0.25) is 4.72 Å². The van der Waals surface area contributed by atoms with Gasteiger partial charge in [0.15, 0.2) is 0 Å². The molecule has 2 heterocycles. The summed E-state index contributed by atoms with van der Waals surface area (Å²) in [5.74, 6) is 0.598. The first kappa shape index (κ1) is 12.7. The zero-order valence-corrected chi connectivity index (χ0v) is 11.3. The highest BCUT2D eigenvalue weighted by Gasteiger charge is 2.16. The van der Waals surface area contributed by atoms with Gasteiger partial charge in [-0.15, -0.1) is 10.2 Å². The van der Waals surface area contributed by atoms with Crippen molar-refractivity contribution in [3.05, 3.63) is 23.3 Å². The van der Waals surface area contributed by atoms with Crippen LogP contribution in [-0.2, 0) is 10.0 Å². The zero-order valence-electron chi connectivity index (χ0n) is 9.71. The monoisotopic (exact) mass is 285 g/mol. The van der Waals surface area contributed by atoms with Crippen molar-refractivity contribution in [2.45, 2.75) is 11.8 Å². The van der Waals surface area contributed by atoms with Crippen LogP contribution in [0.25, 0.3) is 0 Å². The fraction of sp³-hybridized carbons (Fsp3) is 0.222. The Labute approximate surface area is 108 Å². The molecule has 0 aliphatic heterocycles. The molecule has 2 rings (SSSR count). The number of pyridine rings is 1. The highest BCUT2D eigenvalue weighted by molar-refractivity contribution is 7.93. The van der Waals surface area contributed by atoms with Crippen molar-refractivity contribution >= 4 is 32.3 Å². The van der Waals surface area contributed by atoms with E-state index in [0.717, 1.165) is 0 Å². The molecule has 0 atom stereocenters. The maximum Gasteiger partial charge on any atom is 0.265 e. The molecule has 0 aromatic carbocycles. The van der Waals surface area contributed by atoms with Gasteiger partial charge in [0.1, 0.15) is 15.7 Å². The van der Waals surface area contributed by atoms with Gasteiger partial charge in [0.05, 0.1) is 0 Å². The van der Waals surface area contributed by atoms with Crippen molar-refractivity contribution < 1.29 is 8.42 Å². The third-order valence-corrected chi connectivity index (χ3v) is 4.26. The summed E-state index contributed by atoms with van der Waals surface area (Å²) in [5, 5.41) is 11.2. The number of rotatable bonds is 4. The summed E-state index contributed by atoms with van der Waals surface area (Å²) in [6.07, 6.45) is 1.28. The standard InChI is InChI=1S/C9H11N5O2S2/c1-6-12-13-9(17-6)14-18(15,16)7-3-4-8(10-2)11-5-7/h3-5H,1-2H3,(H,10,11)(H,13,14). The molecule has 0 saturated heterocycles. The number of nitrogens with zero attached hydrogens (tertiary/aromatic N) is 3. The van der Waals surface area contributed by atoms with E-state index in [-0.39, 0.29) is 10.0 Å². The predicted molar refractivity (Wildman–Crippen MR) is 69.2 cm³/mol. The van der Waals surface area contributed by atoms with Crippen LogP contribution in [0.3, 0.4) is 0 Å². The summed E-state index contributed by atoms with van der Waals surface area (Å²) in [7, 11) is -1.95. The lowest BCUT2D eigenvalue weighted by atomic mass is 10.5. The van der Waals surface area contributed by atoms with Gasteiger partial charge < -0.3 is 5.32 Å². The first-order valence-corrected chi connectivity index (χ1v) is 7.28. The van der Waals surface area contributed by atoms with Crippen LogP contribution in [0.4, 0.5) is 10.9 Å². The first-order chi connectivity index (χ1) is 8.51. The molecule has 96 valence electrons. The third kappa shape index (κ3) is 2.74. The number of hydrogen-bond acceptors (Lipinski definition) is 7. The predicted octanol–water partition coefficient (Wildman–Crippen LogP) is 1.08. The Balaban J connectivity index is 2.24. The molecule has 2 N–H and O–H groups in total. The number of anilines is 2. The molecule has 0 bridgehead atoms. The van der Waals surface area contributed by atoms with Gasteiger partial charge in [0.25, 0.3) is 10.0 Å². The summed E-state index contributed by atoms with van der Waals surface area (Å²) < 4.78 is 26.3. The maximum absolute atomic E-state index is 12.0. The molecule has 0 unspecified atom stereocenters. The lowest BCUT2D eigenvalue weighted by Crippen LogP contribution is -2.13. The second-order valence-electron chi connectivity index (χ2n) is 3.36. The van der Waals surface area contributed by atoms with E-state index in [1.165, 1.54) is 23.6 Å². The van der Waals surface area contributed by atoms with Crippen LogP contribution in [0, 0.1) is 6.92 Å². The molecule has 0 aliphatic carbocycles. The number of hydrogen-bond donors (Lipinski definition) is 2. The number of nitrogens with one attached hydrogen (secondary N) is 2. The molecule has 0 fully saturated rings. The average molecular weight is 285 g/mol. The maximum atomic E-state index is 12.0. The molecule has 7 nitrogen and oxygen atoms in total.